The van der Waals surface area contributed by atoms with Gasteiger partial charge >= 0.3 is 5.82 Å². The average molecular weight is 340 g/mol. The molecule has 0 atom stereocenters. The third kappa shape index (κ3) is 2.93. The molecule has 0 saturated carbocycles. The van der Waals surface area contributed by atoms with E-state index < -0.39 is 4.92 Å². The molecule has 1 aromatic carbocycles. The molecular weight excluding hydrogens is 324 g/mol. The Hall–Kier alpha value is -3.29. The van der Waals surface area contributed by atoms with Crippen LogP contribution in [0.25, 0.3) is 5.65 Å². The van der Waals surface area contributed by atoms with Crippen LogP contribution in [0.5, 0.6) is 11.5 Å². The van der Waals surface area contributed by atoms with Crippen LogP contribution in [0.1, 0.15) is 5.56 Å². The largest absolute Gasteiger partial charge is 0.486 e. The summed E-state index contributed by atoms with van der Waals surface area (Å²) in [5.74, 6) is 1.70. The molecule has 1 aliphatic rings. The summed E-state index contributed by atoms with van der Waals surface area (Å²) in [6, 6.07) is 11.1. The van der Waals surface area contributed by atoms with Crippen molar-refractivity contribution in [2.45, 2.75) is 6.42 Å². The predicted molar refractivity (Wildman–Crippen MR) is 91.5 cm³/mol. The lowest BCUT2D eigenvalue weighted by Gasteiger charge is -2.18. The molecule has 25 heavy (non-hydrogen) atoms. The van der Waals surface area contributed by atoms with Gasteiger partial charge in [0.05, 0.1) is 6.20 Å². The number of nitro groups is 1. The van der Waals surface area contributed by atoms with E-state index in [1.807, 2.05) is 18.2 Å². The van der Waals surface area contributed by atoms with Crippen molar-refractivity contribution >= 4 is 17.3 Å². The molecule has 0 bridgehead atoms. The Labute approximate surface area is 143 Å². The number of nitrogens with one attached hydrogen (secondary N) is 1. The number of hydrogen-bond acceptors (Lipinski definition) is 6. The molecule has 8 nitrogen and oxygen atoms in total. The first kappa shape index (κ1) is 15.3. The maximum atomic E-state index is 11.4. The van der Waals surface area contributed by atoms with Gasteiger partial charge in [0.1, 0.15) is 13.2 Å². The highest BCUT2D eigenvalue weighted by molar-refractivity contribution is 5.62. The molecule has 3 aromatic rings. The number of rotatable bonds is 5. The van der Waals surface area contributed by atoms with Crippen molar-refractivity contribution in [1.29, 1.82) is 0 Å². The van der Waals surface area contributed by atoms with E-state index in [0.717, 1.165) is 17.1 Å². The molecule has 0 radical (unpaired) electrons. The second-order valence-electron chi connectivity index (χ2n) is 5.62. The SMILES string of the molecule is O=[N+]([O-])c1c(NCCc2ccc3c(c2)OCCO3)nc2ccccn12. The normalized spacial score (nSPS) is 13.0. The lowest BCUT2D eigenvalue weighted by molar-refractivity contribution is -0.389. The first-order valence-electron chi connectivity index (χ1n) is 7.96. The number of nitrogens with zero attached hydrogens (tertiary/aromatic N) is 3. The molecule has 1 aliphatic heterocycles. The van der Waals surface area contributed by atoms with E-state index in [9.17, 15) is 10.1 Å². The fourth-order valence-corrected chi connectivity index (χ4v) is 2.84. The van der Waals surface area contributed by atoms with E-state index in [-0.39, 0.29) is 11.6 Å². The molecule has 4 rings (SSSR count). The van der Waals surface area contributed by atoms with Gasteiger partial charge in [0.15, 0.2) is 11.5 Å². The summed E-state index contributed by atoms with van der Waals surface area (Å²) in [6.45, 7) is 1.62. The predicted octanol–water partition coefficient (Wildman–Crippen LogP) is 2.67. The molecule has 0 saturated heterocycles. The van der Waals surface area contributed by atoms with Gasteiger partial charge in [-0.1, -0.05) is 12.1 Å². The summed E-state index contributed by atoms with van der Waals surface area (Å²) in [6.07, 6.45) is 2.31. The van der Waals surface area contributed by atoms with Crippen LogP contribution in [0.15, 0.2) is 42.6 Å². The average Bonchev–Trinajstić information content (AvgIpc) is 3.00. The number of imidazole rings is 1. The summed E-state index contributed by atoms with van der Waals surface area (Å²) < 4.78 is 12.5. The zero-order valence-electron chi connectivity index (χ0n) is 13.3. The fourth-order valence-electron chi connectivity index (χ4n) is 2.84. The molecule has 0 aliphatic carbocycles. The smallest absolute Gasteiger partial charge is 0.372 e. The maximum Gasteiger partial charge on any atom is 0.372 e. The molecule has 128 valence electrons. The molecule has 1 N–H and O–H groups in total. The highest BCUT2D eigenvalue weighted by Crippen LogP contribution is 2.31. The minimum atomic E-state index is -0.424. The van der Waals surface area contributed by atoms with Crippen molar-refractivity contribution in [3.05, 3.63) is 58.3 Å². The van der Waals surface area contributed by atoms with Crippen LogP contribution in [0.3, 0.4) is 0 Å². The van der Waals surface area contributed by atoms with Crippen LogP contribution in [0.2, 0.25) is 0 Å². The van der Waals surface area contributed by atoms with Gasteiger partial charge in [0.25, 0.3) is 0 Å². The number of anilines is 1. The quantitative estimate of drug-likeness (QED) is 0.567. The number of benzene rings is 1. The monoisotopic (exact) mass is 340 g/mol. The van der Waals surface area contributed by atoms with Crippen molar-refractivity contribution in [3.8, 4) is 11.5 Å². The third-order valence-electron chi connectivity index (χ3n) is 3.99. The Morgan fingerprint density at radius 2 is 2.04 bits per heavy atom. The van der Waals surface area contributed by atoms with Crippen molar-refractivity contribution in [2.75, 3.05) is 25.1 Å². The summed E-state index contributed by atoms with van der Waals surface area (Å²) >= 11 is 0. The van der Waals surface area contributed by atoms with Crippen molar-refractivity contribution < 1.29 is 14.4 Å². The van der Waals surface area contributed by atoms with Crippen LogP contribution in [-0.4, -0.2) is 34.1 Å². The van der Waals surface area contributed by atoms with Gasteiger partial charge in [-0.05, 0) is 35.1 Å². The van der Waals surface area contributed by atoms with Crippen molar-refractivity contribution in [2.24, 2.45) is 0 Å². The van der Waals surface area contributed by atoms with E-state index in [1.54, 1.807) is 24.4 Å². The molecule has 8 heteroatoms. The Morgan fingerprint density at radius 1 is 1.20 bits per heavy atom. The Balaban J connectivity index is 1.49. The molecule has 0 unspecified atom stereocenters. The minimum Gasteiger partial charge on any atom is -0.486 e. The molecule has 0 amide bonds. The molecule has 0 spiro atoms. The second kappa shape index (κ2) is 6.31. The zero-order valence-corrected chi connectivity index (χ0v) is 13.3. The van der Waals surface area contributed by atoms with Gasteiger partial charge in [-0.2, -0.15) is 9.38 Å². The molecule has 2 aromatic heterocycles. The standard InChI is InChI=1S/C17H16N4O4/c22-21(23)17-16(19-15-3-1-2-8-20(15)17)18-7-6-12-4-5-13-14(11-12)25-10-9-24-13/h1-5,8,11,18H,6-7,9-10H2. The first-order chi connectivity index (χ1) is 12.2. The van der Waals surface area contributed by atoms with Gasteiger partial charge in [-0.25, -0.2) is 0 Å². The maximum absolute atomic E-state index is 11.4. The van der Waals surface area contributed by atoms with Gasteiger partial charge in [-0.15, -0.1) is 0 Å². The Kier molecular flexibility index (Phi) is 3.85. The lowest BCUT2D eigenvalue weighted by Crippen LogP contribution is -2.15. The Morgan fingerprint density at radius 3 is 2.88 bits per heavy atom. The van der Waals surface area contributed by atoms with Gasteiger partial charge < -0.3 is 24.9 Å². The molecular formula is C17H16N4O4. The number of aromatic nitrogens is 2. The van der Waals surface area contributed by atoms with E-state index in [1.165, 1.54) is 4.40 Å². The molecule has 3 heterocycles. The number of hydrogen-bond donors (Lipinski definition) is 1. The summed E-state index contributed by atoms with van der Waals surface area (Å²) in [7, 11) is 0. The minimum absolute atomic E-state index is 0.0576. The van der Waals surface area contributed by atoms with E-state index in [0.29, 0.717) is 31.8 Å². The highest BCUT2D eigenvalue weighted by atomic mass is 16.6. The van der Waals surface area contributed by atoms with E-state index >= 15 is 0 Å². The van der Waals surface area contributed by atoms with Crippen molar-refractivity contribution in [3.63, 3.8) is 0 Å². The van der Waals surface area contributed by atoms with Gasteiger partial charge in [0, 0.05) is 12.6 Å². The van der Waals surface area contributed by atoms with Crippen molar-refractivity contribution in [1.82, 2.24) is 9.38 Å². The van der Waals surface area contributed by atoms with Gasteiger partial charge in [-0.3, -0.25) is 0 Å². The van der Waals surface area contributed by atoms with Crippen LogP contribution < -0.4 is 14.8 Å². The number of fused-ring (bicyclic) bond motifs is 2. The summed E-state index contributed by atoms with van der Waals surface area (Å²) in [5, 5.41) is 14.4. The third-order valence-corrected chi connectivity index (χ3v) is 3.99. The van der Waals surface area contributed by atoms with Crippen LogP contribution in [0.4, 0.5) is 11.6 Å². The summed E-state index contributed by atoms with van der Waals surface area (Å²) in [4.78, 5) is 15.2. The van der Waals surface area contributed by atoms with E-state index in [4.69, 9.17) is 9.47 Å². The Bertz CT molecular complexity index is 938. The zero-order chi connectivity index (χ0) is 17.2. The topological polar surface area (TPSA) is 90.9 Å². The van der Waals surface area contributed by atoms with Gasteiger partial charge in [0.2, 0.25) is 11.5 Å². The van der Waals surface area contributed by atoms with E-state index in [2.05, 4.69) is 10.3 Å². The number of pyridine rings is 1. The van der Waals surface area contributed by atoms with Crippen LogP contribution >= 0.6 is 0 Å². The van der Waals surface area contributed by atoms with Crippen LogP contribution in [-0.2, 0) is 6.42 Å². The fraction of sp³-hybridized carbons (Fsp3) is 0.235. The number of ether oxygens (including phenoxy) is 2. The lowest BCUT2D eigenvalue weighted by atomic mass is 10.1. The highest BCUT2D eigenvalue weighted by Gasteiger charge is 2.21. The van der Waals surface area contributed by atoms with Crippen LogP contribution in [0, 0.1) is 10.1 Å². The first-order valence-corrected chi connectivity index (χ1v) is 7.96. The summed E-state index contributed by atoms with van der Waals surface area (Å²) in [5.41, 5.74) is 1.60. The molecule has 0 fully saturated rings. The second-order valence-corrected chi connectivity index (χ2v) is 5.62.